The molecule has 0 aliphatic carbocycles. The molecule has 2 rings (SSSR count). The molecule has 0 bridgehead atoms. The van der Waals surface area contributed by atoms with Crippen molar-refractivity contribution in [2.75, 3.05) is 18.0 Å². The summed E-state index contributed by atoms with van der Waals surface area (Å²) in [5, 5.41) is 8.77. The molecular weight excluding hydrogens is 222 g/mol. The van der Waals surface area contributed by atoms with Gasteiger partial charge in [-0.25, -0.2) is 4.98 Å². The van der Waals surface area contributed by atoms with E-state index in [9.17, 15) is 0 Å². The maximum absolute atomic E-state index is 8.77. The first-order chi connectivity index (χ1) is 8.73. The van der Waals surface area contributed by atoms with E-state index in [-0.39, 0.29) is 0 Å². The number of nitrogens with zero attached hydrogens (tertiary/aromatic N) is 3. The van der Waals surface area contributed by atoms with Gasteiger partial charge in [-0.05, 0) is 30.4 Å². The lowest BCUT2D eigenvalue weighted by Crippen LogP contribution is -2.40. The highest BCUT2D eigenvalue weighted by atomic mass is 15.2. The van der Waals surface area contributed by atoms with E-state index < -0.39 is 0 Å². The zero-order valence-electron chi connectivity index (χ0n) is 11.3. The minimum absolute atomic E-state index is 0.545. The quantitative estimate of drug-likeness (QED) is 0.817. The van der Waals surface area contributed by atoms with Gasteiger partial charge < -0.3 is 4.90 Å². The number of hydrogen-bond acceptors (Lipinski definition) is 3. The number of piperidine rings is 1. The molecule has 0 aromatic carbocycles. The van der Waals surface area contributed by atoms with Crippen LogP contribution in [0.2, 0.25) is 0 Å². The van der Waals surface area contributed by atoms with Gasteiger partial charge in [-0.3, -0.25) is 0 Å². The number of hydrogen-bond donors (Lipinski definition) is 0. The highest BCUT2D eigenvalue weighted by Crippen LogP contribution is 2.38. The number of rotatable bonds is 3. The fraction of sp³-hybridized carbons (Fsp3) is 0.600. The first-order valence-electron chi connectivity index (χ1n) is 6.84. The molecule has 1 fully saturated rings. The van der Waals surface area contributed by atoms with E-state index in [2.05, 4.69) is 29.8 Å². The van der Waals surface area contributed by atoms with E-state index in [0.29, 0.717) is 11.0 Å². The molecule has 18 heavy (non-hydrogen) atoms. The van der Waals surface area contributed by atoms with Crippen molar-refractivity contribution >= 4 is 5.82 Å². The van der Waals surface area contributed by atoms with Crippen LogP contribution in [0.1, 0.15) is 45.1 Å². The van der Waals surface area contributed by atoms with Crippen LogP contribution in [-0.2, 0) is 0 Å². The van der Waals surface area contributed by atoms with E-state index in [1.807, 2.05) is 12.1 Å². The first kappa shape index (κ1) is 12.9. The van der Waals surface area contributed by atoms with Crippen molar-refractivity contribution in [3.8, 4) is 6.07 Å². The molecule has 0 saturated carbocycles. The fourth-order valence-corrected chi connectivity index (χ4v) is 2.81. The van der Waals surface area contributed by atoms with Crippen molar-refractivity contribution in [3.05, 3.63) is 23.9 Å². The summed E-state index contributed by atoms with van der Waals surface area (Å²) < 4.78 is 0. The molecule has 0 radical (unpaired) electrons. The first-order valence-corrected chi connectivity index (χ1v) is 6.84. The van der Waals surface area contributed by atoms with Crippen molar-refractivity contribution in [2.45, 2.75) is 39.5 Å². The molecule has 1 saturated heterocycles. The third-order valence-corrected chi connectivity index (χ3v) is 4.53. The zero-order valence-corrected chi connectivity index (χ0v) is 11.3. The molecule has 1 aliphatic rings. The summed E-state index contributed by atoms with van der Waals surface area (Å²) in [5.41, 5.74) is 1.18. The van der Waals surface area contributed by atoms with E-state index >= 15 is 0 Å². The van der Waals surface area contributed by atoms with E-state index in [1.165, 1.54) is 25.7 Å². The number of aromatic nitrogens is 1. The van der Waals surface area contributed by atoms with Crippen LogP contribution >= 0.6 is 0 Å². The molecule has 0 unspecified atom stereocenters. The Morgan fingerprint density at radius 2 is 1.94 bits per heavy atom. The maximum Gasteiger partial charge on any atom is 0.128 e. The largest absolute Gasteiger partial charge is 0.357 e. The lowest BCUT2D eigenvalue weighted by molar-refractivity contribution is 0.199. The topological polar surface area (TPSA) is 39.9 Å². The summed E-state index contributed by atoms with van der Waals surface area (Å²) in [7, 11) is 0. The van der Waals surface area contributed by atoms with Crippen molar-refractivity contribution in [1.82, 2.24) is 4.98 Å². The highest BCUT2D eigenvalue weighted by Gasteiger charge is 2.31. The van der Waals surface area contributed by atoms with Gasteiger partial charge in [0.05, 0.1) is 5.56 Å². The number of nitriles is 1. The predicted octanol–water partition coefficient (Wildman–Crippen LogP) is 3.36. The van der Waals surface area contributed by atoms with Crippen molar-refractivity contribution < 1.29 is 0 Å². The molecule has 96 valence electrons. The molecule has 1 aromatic heterocycles. The molecule has 0 atom stereocenters. The van der Waals surface area contributed by atoms with Crippen molar-refractivity contribution in [1.29, 1.82) is 5.26 Å². The van der Waals surface area contributed by atoms with Gasteiger partial charge in [-0.2, -0.15) is 5.26 Å². The Morgan fingerprint density at radius 1 is 1.28 bits per heavy atom. The van der Waals surface area contributed by atoms with Crippen LogP contribution in [0.25, 0.3) is 0 Å². The summed E-state index contributed by atoms with van der Waals surface area (Å²) in [6.07, 6.45) is 6.72. The second-order valence-electron chi connectivity index (χ2n) is 5.21. The molecule has 0 N–H and O–H groups in total. The summed E-state index contributed by atoms with van der Waals surface area (Å²) >= 11 is 0. The van der Waals surface area contributed by atoms with Gasteiger partial charge in [0, 0.05) is 19.3 Å². The minimum Gasteiger partial charge on any atom is -0.357 e. The highest BCUT2D eigenvalue weighted by molar-refractivity contribution is 5.42. The number of anilines is 1. The molecule has 0 spiro atoms. The van der Waals surface area contributed by atoms with Crippen molar-refractivity contribution in [3.63, 3.8) is 0 Å². The Balaban J connectivity index is 2.03. The van der Waals surface area contributed by atoms with Crippen LogP contribution < -0.4 is 4.90 Å². The fourth-order valence-electron chi connectivity index (χ4n) is 2.81. The SMILES string of the molecule is CCC1(CC)CCN(c2ccc(C#N)cn2)CC1. The molecule has 1 aromatic rings. The Bertz CT molecular complexity index is 416. The average Bonchev–Trinajstić information content (AvgIpc) is 2.47. The Morgan fingerprint density at radius 3 is 2.39 bits per heavy atom. The summed E-state index contributed by atoms with van der Waals surface area (Å²) in [6.45, 7) is 6.78. The van der Waals surface area contributed by atoms with Gasteiger partial charge >= 0.3 is 0 Å². The van der Waals surface area contributed by atoms with Gasteiger partial charge in [-0.1, -0.05) is 26.7 Å². The monoisotopic (exact) mass is 243 g/mol. The van der Waals surface area contributed by atoms with Crippen molar-refractivity contribution in [2.24, 2.45) is 5.41 Å². The minimum atomic E-state index is 0.545. The van der Waals surface area contributed by atoms with Crippen LogP contribution in [0.5, 0.6) is 0 Å². The Hall–Kier alpha value is -1.56. The molecule has 2 heterocycles. The van der Waals surface area contributed by atoms with Crippen LogP contribution in [0.15, 0.2) is 18.3 Å². The lowest BCUT2D eigenvalue weighted by atomic mass is 9.74. The van der Waals surface area contributed by atoms with Crippen LogP contribution in [0.3, 0.4) is 0 Å². The molecule has 3 nitrogen and oxygen atoms in total. The average molecular weight is 243 g/mol. The van der Waals surface area contributed by atoms with Gasteiger partial charge in [0.15, 0.2) is 0 Å². The maximum atomic E-state index is 8.77. The second kappa shape index (κ2) is 5.39. The van der Waals surface area contributed by atoms with E-state index in [0.717, 1.165) is 18.9 Å². The molecule has 0 amide bonds. The van der Waals surface area contributed by atoms with Crippen LogP contribution in [0, 0.1) is 16.7 Å². The third kappa shape index (κ3) is 2.48. The summed E-state index contributed by atoms with van der Waals surface area (Å²) in [4.78, 5) is 6.71. The molecule has 1 aliphatic heterocycles. The number of pyridine rings is 1. The zero-order chi connectivity index (χ0) is 13.0. The van der Waals surface area contributed by atoms with Gasteiger partial charge in [0.1, 0.15) is 11.9 Å². The van der Waals surface area contributed by atoms with Gasteiger partial charge in [0.2, 0.25) is 0 Å². The van der Waals surface area contributed by atoms with Crippen LogP contribution in [-0.4, -0.2) is 18.1 Å². The second-order valence-corrected chi connectivity index (χ2v) is 5.21. The molecule has 3 heteroatoms. The third-order valence-electron chi connectivity index (χ3n) is 4.53. The lowest BCUT2D eigenvalue weighted by Gasteiger charge is -2.41. The van der Waals surface area contributed by atoms with Gasteiger partial charge in [0.25, 0.3) is 0 Å². The predicted molar refractivity (Wildman–Crippen MR) is 73.4 cm³/mol. The van der Waals surface area contributed by atoms with E-state index in [1.54, 1.807) is 6.20 Å². The summed E-state index contributed by atoms with van der Waals surface area (Å²) in [5.74, 6) is 1.01. The molecular formula is C15H21N3. The van der Waals surface area contributed by atoms with Crippen LogP contribution in [0.4, 0.5) is 5.82 Å². The Labute approximate surface area is 109 Å². The summed E-state index contributed by atoms with van der Waals surface area (Å²) in [6, 6.07) is 5.92. The standard InChI is InChI=1S/C15H21N3/c1-3-15(4-2)7-9-18(10-8-15)14-6-5-13(11-16)12-17-14/h5-6,12H,3-4,7-10H2,1-2H3. The Kier molecular flexibility index (Phi) is 3.86. The van der Waals surface area contributed by atoms with Gasteiger partial charge in [-0.15, -0.1) is 0 Å². The normalized spacial score (nSPS) is 18.4. The van der Waals surface area contributed by atoms with E-state index in [4.69, 9.17) is 5.26 Å². The smallest absolute Gasteiger partial charge is 0.128 e.